The van der Waals surface area contributed by atoms with E-state index in [9.17, 15) is 35.9 Å². The molecule has 0 saturated carbocycles. The molecule has 4 heterocycles. The van der Waals surface area contributed by atoms with E-state index in [0.717, 1.165) is 34.8 Å². The van der Waals surface area contributed by atoms with E-state index in [1.807, 2.05) is 60.7 Å². The summed E-state index contributed by atoms with van der Waals surface area (Å²) in [6, 6.07) is 33.1. The number of nitrogens with zero attached hydrogens (tertiary/aromatic N) is 4. The topological polar surface area (TPSA) is 151 Å². The van der Waals surface area contributed by atoms with Crippen molar-refractivity contribution in [2.45, 2.75) is 12.4 Å². The molecule has 2 amide bonds. The smallest absolute Gasteiger partial charge is 0.433 e. The van der Waals surface area contributed by atoms with E-state index in [1.165, 1.54) is 12.1 Å². The largest absolute Gasteiger partial charge is 0.468 e. The lowest BCUT2D eigenvalue weighted by Gasteiger charge is -2.11. The Kier molecular flexibility index (Phi) is 13.9. The number of nitrogens with one attached hydrogen (secondary N) is 4. The number of hydrogen-bond acceptors (Lipinski definition) is 7. The number of aromatic amines is 2. The SMILES string of the molecule is O=C(Nc1ccc(Cl)c(-c2ncc(-c3ccccc3)[nH]2)c1)c1ccc(C(F)(F)F)nc1Cl.O=C(Nc1ccc(Cl)c(-c2ncc(-c3ccccc3)[nH]2)c1)c1ccc(OCC(F)(F)F)nc1. The number of imidazole rings is 2. The van der Waals surface area contributed by atoms with Gasteiger partial charge in [-0.3, -0.25) is 9.59 Å². The van der Waals surface area contributed by atoms with Crippen molar-refractivity contribution in [3.63, 3.8) is 0 Å². The first-order valence-electron chi connectivity index (χ1n) is 18.8. The van der Waals surface area contributed by atoms with Gasteiger partial charge in [-0.2, -0.15) is 26.3 Å². The van der Waals surface area contributed by atoms with Crippen molar-refractivity contribution in [2.24, 2.45) is 0 Å². The molecule has 0 aliphatic heterocycles. The Morgan fingerprint density at radius 2 is 1.12 bits per heavy atom. The van der Waals surface area contributed by atoms with Gasteiger partial charge in [0, 0.05) is 34.8 Å². The van der Waals surface area contributed by atoms with Gasteiger partial charge in [-0.05, 0) is 65.7 Å². The molecule has 65 heavy (non-hydrogen) atoms. The number of alkyl halides is 6. The number of aromatic nitrogens is 6. The average molecular weight is 950 g/mol. The van der Waals surface area contributed by atoms with Gasteiger partial charge < -0.3 is 25.3 Å². The van der Waals surface area contributed by atoms with E-state index in [4.69, 9.17) is 34.8 Å². The number of ether oxygens (including phenoxy) is 1. The molecule has 4 aromatic carbocycles. The lowest BCUT2D eigenvalue weighted by Crippen LogP contribution is -2.19. The van der Waals surface area contributed by atoms with E-state index >= 15 is 0 Å². The van der Waals surface area contributed by atoms with Gasteiger partial charge in [-0.25, -0.2) is 19.9 Å². The van der Waals surface area contributed by atoms with Crippen LogP contribution in [0.1, 0.15) is 26.4 Å². The first-order chi connectivity index (χ1) is 31.0. The molecule has 8 rings (SSSR count). The number of pyridine rings is 2. The van der Waals surface area contributed by atoms with Crippen molar-refractivity contribution in [2.75, 3.05) is 17.2 Å². The van der Waals surface area contributed by atoms with Crippen LogP contribution in [0.15, 0.2) is 140 Å². The Labute approximate surface area is 379 Å². The molecule has 0 saturated heterocycles. The lowest BCUT2D eigenvalue weighted by atomic mass is 10.1. The molecule has 0 aliphatic rings. The fraction of sp³-hybridized carbons (Fsp3) is 0.0667. The molecular weight excluding hydrogens is 921 g/mol. The van der Waals surface area contributed by atoms with Gasteiger partial charge in [0.1, 0.15) is 22.5 Å². The van der Waals surface area contributed by atoms with E-state index < -0.39 is 41.6 Å². The summed E-state index contributed by atoms with van der Waals surface area (Å²) in [5.74, 6) is -0.428. The minimum absolute atomic E-state index is 0.148. The second-order valence-corrected chi connectivity index (χ2v) is 14.8. The zero-order valence-corrected chi connectivity index (χ0v) is 35.2. The third kappa shape index (κ3) is 11.9. The second kappa shape index (κ2) is 19.7. The minimum Gasteiger partial charge on any atom is -0.468 e. The Bertz CT molecular complexity index is 2950. The van der Waals surface area contributed by atoms with E-state index in [0.29, 0.717) is 50.3 Å². The van der Waals surface area contributed by atoms with Gasteiger partial charge in [-0.1, -0.05) is 95.5 Å². The molecule has 0 unspecified atom stereocenters. The number of carbonyl (C=O) groups excluding carboxylic acids is 2. The van der Waals surface area contributed by atoms with E-state index in [1.54, 1.807) is 48.8 Å². The van der Waals surface area contributed by atoms with Crippen molar-refractivity contribution in [1.82, 2.24) is 29.9 Å². The number of H-pyrrole nitrogens is 2. The number of amides is 2. The Morgan fingerprint density at radius 1 is 0.600 bits per heavy atom. The Balaban J connectivity index is 0.000000194. The maximum atomic E-state index is 12.8. The summed E-state index contributed by atoms with van der Waals surface area (Å²) in [7, 11) is 0. The number of carbonyl (C=O) groups is 2. The van der Waals surface area contributed by atoms with Crippen molar-refractivity contribution in [3.8, 4) is 51.2 Å². The van der Waals surface area contributed by atoms with Crippen LogP contribution in [0.4, 0.5) is 37.7 Å². The van der Waals surface area contributed by atoms with Crippen LogP contribution in [-0.4, -0.2) is 54.5 Å². The predicted octanol–water partition coefficient (Wildman–Crippen LogP) is 12.7. The highest BCUT2D eigenvalue weighted by Gasteiger charge is 2.33. The standard InChI is InChI=1S/C23H16ClF3N4O2.C22H13Cl2F3N4O/c24-18-8-7-16(10-17(18)21-29-12-19(31-21)14-4-2-1-3-5-14)30-22(32)15-6-9-20(28-11-15)33-13-23(25,26)27;23-16-8-6-13(29-21(32)14-7-9-18(22(25,26)27)31-19(14)24)10-15(16)20-28-11-17(30-20)12-4-2-1-3-5-12/h1-12H,13H2,(H,29,31)(H,30,32);1-11H,(H,28,30)(H,29,32). The summed E-state index contributed by atoms with van der Waals surface area (Å²) >= 11 is 18.5. The number of halogens is 9. The molecule has 0 fully saturated rings. The molecule has 4 N–H and O–H groups in total. The number of hydrogen-bond donors (Lipinski definition) is 4. The third-order valence-corrected chi connectivity index (χ3v) is 9.99. The van der Waals surface area contributed by atoms with Gasteiger partial charge in [0.05, 0.1) is 45.0 Å². The van der Waals surface area contributed by atoms with E-state index in [2.05, 4.69) is 45.3 Å². The number of benzene rings is 4. The van der Waals surface area contributed by atoms with E-state index in [-0.39, 0.29) is 17.0 Å². The van der Waals surface area contributed by atoms with Crippen molar-refractivity contribution < 1.29 is 40.7 Å². The summed E-state index contributed by atoms with van der Waals surface area (Å²) < 4.78 is 79.5. The van der Waals surface area contributed by atoms with Crippen LogP contribution in [0, 0.1) is 0 Å². The second-order valence-electron chi connectivity index (χ2n) is 13.6. The van der Waals surface area contributed by atoms with Gasteiger partial charge in [0.2, 0.25) is 5.88 Å². The number of anilines is 2. The highest BCUT2D eigenvalue weighted by atomic mass is 35.5. The summed E-state index contributed by atoms with van der Waals surface area (Å²) in [5, 5.41) is 5.58. The zero-order chi connectivity index (χ0) is 46.3. The summed E-state index contributed by atoms with van der Waals surface area (Å²) in [6.45, 7) is -1.46. The van der Waals surface area contributed by atoms with Crippen LogP contribution in [0.25, 0.3) is 45.3 Å². The summed E-state index contributed by atoms with van der Waals surface area (Å²) in [5.41, 5.74) is 4.20. The lowest BCUT2D eigenvalue weighted by molar-refractivity contribution is -0.154. The van der Waals surface area contributed by atoms with Crippen LogP contribution in [-0.2, 0) is 6.18 Å². The van der Waals surface area contributed by atoms with Crippen LogP contribution in [0.3, 0.4) is 0 Å². The molecular formula is C45H29Cl3F6N8O3. The van der Waals surface area contributed by atoms with Crippen LogP contribution < -0.4 is 15.4 Å². The highest BCUT2D eigenvalue weighted by molar-refractivity contribution is 6.34. The van der Waals surface area contributed by atoms with Gasteiger partial charge >= 0.3 is 12.4 Å². The van der Waals surface area contributed by atoms with Crippen molar-refractivity contribution in [1.29, 1.82) is 0 Å². The molecule has 0 bridgehead atoms. The maximum absolute atomic E-state index is 12.8. The van der Waals surface area contributed by atoms with Crippen molar-refractivity contribution in [3.05, 3.63) is 172 Å². The monoisotopic (exact) mass is 948 g/mol. The molecule has 0 spiro atoms. The molecule has 11 nitrogen and oxygen atoms in total. The van der Waals surface area contributed by atoms with Crippen LogP contribution >= 0.6 is 34.8 Å². The Hall–Kier alpha value is -7.21. The molecule has 4 aromatic heterocycles. The first-order valence-corrected chi connectivity index (χ1v) is 20.0. The summed E-state index contributed by atoms with van der Waals surface area (Å²) in [4.78, 5) is 47.2. The number of rotatable bonds is 10. The molecule has 0 radical (unpaired) electrons. The maximum Gasteiger partial charge on any atom is 0.433 e. The first kappa shape index (κ1) is 45.8. The quantitative estimate of drug-likeness (QED) is 0.0787. The third-order valence-electron chi connectivity index (χ3n) is 9.05. The predicted molar refractivity (Wildman–Crippen MR) is 235 cm³/mol. The molecule has 0 aliphatic carbocycles. The molecule has 20 heteroatoms. The molecule has 8 aromatic rings. The minimum atomic E-state index is -4.66. The summed E-state index contributed by atoms with van der Waals surface area (Å²) in [6.07, 6.45) is -4.64. The fourth-order valence-electron chi connectivity index (χ4n) is 5.93. The Morgan fingerprint density at radius 3 is 1.58 bits per heavy atom. The van der Waals surface area contributed by atoms with Gasteiger partial charge in [0.15, 0.2) is 6.61 Å². The fourth-order valence-corrected chi connectivity index (χ4v) is 6.59. The van der Waals surface area contributed by atoms with Crippen molar-refractivity contribution >= 4 is 58.0 Å². The average Bonchev–Trinajstić information content (AvgIpc) is 3.99. The zero-order valence-electron chi connectivity index (χ0n) is 32.9. The van der Waals surface area contributed by atoms with Gasteiger partial charge in [0.25, 0.3) is 11.8 Å². The van der Waals surface area contributed by atoms with Gasteiger partial charge in [-0.15, -0.1) is 0 Å². The normalized spacial score (nSPS) is 11.3. The van der Waals surface area contributed by atoms with Crippen LogP contribution in [0.5, 0.6) is 5.88 Å². The molecule has 0 atom stereocenters. The molecule has 330 valence electrons. The van der Waals surface area contributed by atoms with Crippen LogP contribution in [0.2, 0.25) is 15.2 Å². The highest BCUT2D eigenvalue weighted by Crippen LogP contribution is 2.34.